The van der Waals surface area contributed by atoms with Crippen LogP contribution in [0.25, 0.3) is 0 Å². The van der Waals surface area contributed by atoms with Crippen LogP contribution in [0.1, 0.15) is 97.5 Å². The maximum absolute atomic E-state index is 4.86. The van der Waals surface area contributed by atoms with Crippen LogP contribution in [0, 0.1) is 11.8 Å². The second-order valence-corrected chi connectivity index (χ2v) is 8.40. The Hall–Kier alpha value is -0.530. The van der Waals surface area contributed by atoms with Crippen molar-refractivity contribution >= 4 is 0 Å². The molecule has 26 heavy (non-hydrogen) atoms. The smallest absolute Gasteiger partial charge is 0.0991 e. The Bertz CT molecular complexity index is 413. The van der Waals surface area contributed by atoms with Gasteiger partial charge in [-0.3, -0.25) is 0 Å². The fraction of sp³-hybridized carbons (Fsp3) is 0.750. The van der Waals surface area contributed by atoms with Gasteiger partial charge in [-0.15, -0.1) is 0 Å². The first-order chi connectivity index (χ1) is 12.1. The fourth-order valence-electron chi connectivity index (χ4n) is 4.37. The van der Waals surface area contributed by atoms with Crippen LogP contribution in [0.2, 0.25) is 0 Å². The molecule has 0 amide bonds. The Balaban J connectivity index is 0.00000625. The second kappa shape index (κ2) is 14.5. The highest BCUT2D eigenvalue weighted by atomic mass is 35.5. The maximum atomic E-state index is 4.86. The number of hydrogen-bond acceptors (Lipinski definition) is 0. The lowest BCUT2D eigenvalue weighted by atomic mass is 9.74. The normalized spacial score (nSPS) is 15.7. The number of quaternary nitrogens is 1. The molecule has 2 unspecified atom stereocenters. The zero-order valence-electron chi connectivity index (χ0n) is 17.9. The summed E-state index contributed by atoms with van der Waals surface area (Å²) in [6.07, 6.45) is 14.5. The molecule has 152 valence electrons. The van der Waals surface area contributed by atoms with Crippen LogP contribution < -0.4 is 18.1 Å². The first kappa shape index (κ1) is 25.5. The van der Waals surface area contributed by atoms with Gasteiger partial charge in [0, 0.05) is 19.3 Å². The Morgan fingerprint density at radius 2 is 1.27 bits per heavy atom. The Kier molecular flexibility index (Phi) is 14.2. The van der Waals surface area contributed by atoms with E-state index in [4.69, 9.17) is 5.73 Å². The summed E-state index contributed by atoms with van der Waals surface area (Å²) < 4.78 is 0. The van der Waals surface area contributed by atoms with E-state index in [1.807, 2.05) is 0 Å². The average Bonchev–Trinajstić information content (AvgIpc) is 2.63. The Labute approximate surface area is 169 Å². The lowest BCUT2D eigenvalue weighted by Gasteiger charge is -2.33. The van der Waals surface area contributed by atoms with Crippen LogP contribution in [-0.2, 0) is 6.42 Å². The molecular formula is C24H44ClN. The largest absolute Gasteiger partial charge is 1.00 e. The van der Waals surface area contributed by atoms with Crippen molar-refractivity contribution in [2.45, 2.75) is 104 Å². The van der Waals surface area contributed by atoms with Crippen LogP contribution in [-0.4, -0.2) is 5.54 Å². The molecule has 3 N–H and O–H groups in total. The molecule has 1 nitrogen and oxygen atoms in total. The second-order valence-electron chi connectivity index (χ2n) is 8.40. The van der Waals surface area contributed by atoms with E-state index in [9.17, 15) is 0 Å². The molecule has 1 aromatic carbocycles. The summed E-state index contributed by atoms with van der Waals surface area (Å²) in [6, 6.07) is 11.1. The van der Waals surface area contributed by atoms with Gasteiger partial charge in [0.05, 0.1) is 5.54 Å². The van der Waals surface area contributed by atoms with Crippen LogP contribution in [0.5, 0.6) is 0 Å². The minimum Gasteiger partial charge on any atom is -1.00 e. The fourth-order valence-corrected chi connectivity index (χ4v) is 4.37. The van der Waals surface area contributed by atoms with Gasteiger partial charge in [0.25, 0.3) is 0 Å². The van der Waals surface area contributed by atoms with E-state index >= 15 is 0 Å². The first-order valence-electron chi connectivity index (χ1n) is 11.0. The highest BCUT2D eigenvalue weighted by Gasteiger charge is 2.34. The molecule has 0 fully saturated rings. The minimum absolute atomic E-state index is 0. The molecule has 0 spiro atoms. The topological polar surface area (TPSA) is 27.6 Å². The molecule has 0 saturated heterocycles. The van der Waals surface area contributed by atoms with Crippen molar-refractivity contribution in [3.63, 3.8) is 0 Å². The third-order valence-electron chi connectivity index (χ3n) is 5.95. The van der Waals surface area contributed by atoms with Crippen LogP contribution in [0.3, 0.4) is 0 Å². The van der Waals surface area contributed by atoms with Crippen molar-refractivity contribution in [2.75, 3.05) is 0 Å². The number of rotatable bonds is 14. The van der Waals surface area contributed by atoms with Crippen LogP contribution in [0.15, 0.2) is 30.3 Å². The van der Waals surface area contributed by atoms with Crippen molar-refractivity contribution in [1.29, 1.82) is 0 Å². The predicted octanol–water partition coefficient (Wildman–Crippen LogP) is 3.43. The van der Waals surface area contributed by atoms with Crippen molar-refractivity contribution in [3.05, 3.63) is 35.9 Å². The SMILES string of the molecule is CCCCC(CC)CC([NH3+])(Cc1ccccc1)CC(CC)CCCC.[Cl-]. The molecule has 2 atom stereocenters. The summed E-state index contributed by atoms with van der Waals surface area (Å²) >= 11 is 0. The molecule has 0 radical (unpaired) electrons. The van der Waals surface area contributed by atoms with Crippen LogP contribution in [0.4, 0.5) is 0 Å². The zero-order valence-corrected chi connectivity index (χ0v) is 18.7. The van der Waals surface area contributed by atoms with Gasteiger partial charge < -0.3 is 18.1 Å². The van der Waals surface area contributed by atoms with E-state index in [1.165, 1.54) is 69.8 Å². The van der Waals surface area contributed by atoms with E-state index < -0.39 is 0 Å². The van der Waals surface area contributed by atoms with Gasteiger partial charge in [-0.05, 0) is 17.4 Å². The number of hydrogen-bond donors (Lipinski definition) is 1. The molecule has 2 heteroatoms. The third kappa shape index (κ3) is 9.97. The van der Waals surface area contributed by atoms with Crippen molar-refractivity contribution in [3.8, 4) is 0 Å². The van der Waals surface area contributed by atoms with Gasteiger partial charge in [0.2, 0.25) is 0 Å². The molecule has 0 aliphatic carbocycles. The lowest BCUT2D eigenvalue weighted by molar-refractivity contribution is -0.486. The highest BCUT2D eigenvalue weighted by Crippen LogP contribution is 2.32. The molecule has 0 aromatic heterocycles. The summed E-state index contributed by atoms with van der Waals surface area (Å²) in [7, 11) is 0. The molecular weight excluding hydrogens is 338 g/mol. The van der Waals surface area contributed by atoms with E-state index in [0.717, 1.165) is 18.3 Å². The summed E-state index contributed by atoms with van der Waals surface area (Å²) in [5.41, 5.74) is 6.52. The minimum atomic E-state index is 0. The molecule has 0 aliphatic heterocycles. The van der Waals surface area contributed by atoms with Gasteiger partial charge in [-0.25, -0.2) is 0 Å². The van der Waals surface area contributed by atoms with E-state index in [1.54, 1.807) is 0 Å². The molecule has 0 bridgehead atoms. The molecule has 0 saturated carbocycles. The van der Waals surface area contributed by atoms with Gasteiger partial charge in [0.15, 0.2) is 0 Å². The molecule has 1 rings (SSSR count). The Morgan fingerprint density at radius 1 is 0.808 bits per heavy atom. The standard InChI is InChI=1S/C24H43N.ClH/c1-5-9-14-21(7-3)18-24(25,19-22(8-4)15-10-6-2)20-23-16-12-11-13-17-23;/h11-13,16-17,21-22H,5-10,14-15,18-20,25H2,1-4H3;1H. The van der Waals surface area contributed by atoms with Gasteiger partial charge in [-0.2, -0.15) is 0 Å². The maximum Gasteiger partial charge on any atom is 0.0991 e. The average molecular weight is 382 g/mol. The Morgan fingerprint density at radius 3 is 1.65 bits per heavy atom. The quantitative estimate of drug-likeness (QED) is 0.511. The zero-order chi connectivity index (χ0) is 18.5. The van der Waals surface area contributed by atoms with E-state index in [-0.39, 0.29) is 17.9 Å². The van der Waals surface area contributed by atoms with Crippen molar-refractivity contribution in [1.82, 2.24) is 0 Å². The number of unbranched alkanes of at least 4 members (excludes halogenated alkanes) is 2. The van der Waals surface area contributed by atoms with Crippen LogP contribution >= 0.6 is 0 Å². The molecule has 0 heterocycles. The predicted molar refractivity (Wildman–Crippen MR) is 112 cm³/mol. The van der Waals surface area contributed by atoms with E-state index in [0.29, 0.717) is 0 Å². The highest BCUT2D eigenvalue weighted by molar-refractivity contribution is 5.17. The summed E-state index contributed by atoms with van der Waals surface area (Å²) in [6.45, 7) is 9.37. The molecule has 0 aliphatic rings. The summed E-state index contributed by atoms with van der Waals surface area (Å²) in [4.78, 5) is 0. The van der Waals surface area contributed by atoms with Crippen molar-refractivity contribution < 1.29 is 18.1 Å². The third-order valence-corrected chi connectivity index (χ3v) is 5.95. The molecule has 1 aromatic rings. The lowest BCUT2D eigenvalue weighted by Crippen LogP contribution is -3.00. The summed E-state index contributed by atoms with van der Waals surface area (Å²) in [5.74, 6) is 1.68. The van der Waals surface area contributed by atoms with Gasteiger partial charge in [-0.1, -0.05) is 109 Å². The number of benzene rings is 1. The first-order valence-corrected chi connectivity index (χ1v) is 11.0. The van der Waals surface area contributed by atoms with Gasteiger partial charge in [0.1, 0.15) is 0 Å². The summed E-state index contributed by atoms with van der Waals surface area (Å²) in [5, 5.41) is 0. The van der Waals surface area contributed by atoms with Gasteiger partial charge >= 0.3 is 0 Å². The van der Waals surface area contributed by atoms with Crippen molar-refractivity contribution in [2.24, 2.45) is 11.8 Å². The monoisotopic (exact) mass is 381 g/mol. The number of halogens is 1. The van der Waals surface area contributed by atoms with E-state index in [2.05, 4.69) is 58.0 Å².